The topological polar surface area (TPSA) is 142 Å². The second kappa shape index (κ2) is 21.6. The molecule has 0 aliphatic carbocycles. The Hall–Kier alpha value is -3.39. The maximum absolute atomic E-state index is 14.3. The van der Waals surface area contributed by atoms with Gasteiger partial charge in [0, 0.05) is 39.4 Å². The summed E-state index contributed by atoms with van der Waals surface area (Å²) >= 11 is 1.51. The Morgan fingerprint density at radius 2 is 1.63 bits per heavy atom. The first-order valence-corrected chi connectivity index (χ1v) is 20.4. The number of amides is 4. The summed E-state index contributed by atoms with van der Waals surface area (Å²) in [5.74, 6) is -1.41. The van der Waals surface area contributed by atoms with E-state index in [4.69, 9.17) is 9.47 Å². The predicted octanol–water partition coefficient (Wildman–Crippen LogP) is 4.85. The van der Waals surface area contributed by atoms with E-state index in [1.807, 2.05) is 75.2 Å². The minimum atomic E-state index is -0.752. The molecule has 2 unspecified atom stereocenters. The first kappa shape index (κ1) is 45.0. The maximum Gasteiger partial charge on any atom is 0.245 e. The Morgan fingerprint density at radius 1 is 0.963 bits per heavy atom. The molecule has 2 heterocycles. The summed E-state index contributed by atoms with van der Waals surface area (Å²) in [5.41, 5.74) is 1.09. The van der Waals surface area contributed by atoms with Crippen LogP contribution in [0.4, 0.5) is 0 Å². The lowest BCUT2D eigenvalue weighted by Gasteiger charge is -2.41. The van der Waals surface area contributed by atoms with Crippen LogP contribution in [0.15, 0.2) is 41.9 Å². The molecular formula is C41H66N6O6S. The first-order valence-electron chi connectivity index (χ1n) is 19.5. The Kier molecular flexibility index (Phi) is 18.0. The van der Waals surface area contributed by atoms with E-state index in [9.17, 15) is 19.2 Å². The molecule has 0 spiro atoms. The Morgan fingerprint density at radius 3 is 2.17 bits per heavy atom. The molecular weight excluding hydrogens is 705 g/mol. The number of thiazole rings is 1. The zero-order valence-electron chi connectivity index (χ0n) is 34.3. The highest BCUT2D eigenvalue weighted by Gasteiger charge is 2.43. The predicted molar refractivity (Wildman–Crippen MR) is 214 cm³/mol. The molecule has 1 aliphatic rings. The number of carbonyl (C=O) groups is 4. The van der Waals surface area contributed by atoms with Crippen LogP contribution in [0.2, 0.25) is 0 Å². The highest BCUT2D eigenvalue weighted by atomic mass is 32.1. The summed E-state index contributed by atoms with van der Waals surface area (Å²) in [6, 6.07) is 7.77. The van der Waals surface area contributed by atoms with E-state index in [2.05, 4.69) is 34.8 Å². The summed E-state index contributed by atoms with van der Waals surface area (Å²) in [5, 5.41) is 12.0. The van der Waals surface area contributed by atoms with Crippen LogP contribution in [0.1, 0.15) is 90.8 Å². The third kappa shape index (κ3) is 11.6. The van der Waals surface area contributed by atoms with Crippen LogP contribution in [-0.4, -0.2) is 110 Å². The quantitative estimate of drug-likeness (QED) is 0.164. The van der Waals surface area contributed by atoms with Crippen LogP contribution in [0.25, 0.3) is 0 Å². The zero-order chi connectivity index (χ0) is 40.1. The van der Waals surface area contributed by atoms with E-state index < -0.39 is 36.3 Å². The number of rotatable bonds is 21. The minimum Gasteiger partial charge on any atom is -0.379 e. The van der Waals surface area contributed by atoms with E-state index in [0.717, 1.165) is 23.4 Å². The summed E-state index contributed by atoms with van der Waals surface area (Å²) < 4.78 is 12.1. The summed E-state index contributed by atoms with van der Waals surface area (Å²) in [6.07, 6.45) is 3.48. The monoisotopic (exact) mass is 770 g/mol. The molecule has 1 aliphatic heterocycles. The van der Waals surface area contributed by atoms with Gasteiger partial charge in [-0.25, -0.2) is 4.98 Å². The fraction of sp³-hybridized carbons (Fsp3) is 0.683. The fourth-order valence-electron chi connectivity index (χ4n) is 7.81. The average molecular weight is 771 g/mol. The summed E-state index contributed by atoms with van der Waals surface area (Å²) in [7, 11) is 6.65. The molecule has 1 aromatic heterocycles. The van der Waals surface area contributed by atoms with E-state index in [1.165, 1.54) is 11.3 Å². The van der Waals surface area contributed by atoms with Crippen molar-refractivity contribution >= 4 is 35.0 Å². The molecule has 54 heavy (non-hydrogen) atoms. The SMILES string of the molecule is CCC(C)C([C@@H](CC(=O)N1CCC[C@H]1[C@H](OC)[C@@H](C)C(=O)N[C@@H](Cc1ccccc1)c1nccs1)OC)N(C)C(=O)[C@@H](NC(=O)[C@@H](NC)C(C)C)C(C)C. The van der Waals surface area contributed by atoms with E-state index >= 15 is 0 Å². The smallest absolute Gasteiger partial charge is 0.245 e. The first-order chi connectivity index (χ1) is 25.7. The largest absolute Gasteiger partial charge is 0.379 e. The Bertz CT molecular complexity index is 1460. The number of benzene rings is 1. The fourth-order valence-corrected chi connectivity index (χ4v) is 8.50. The Balaban J connectivity index is 1.78. The van der Waals surface area contributed by atoms with Crippen LogP contribution in [0, 0.1) is 23.7 Å². The van der Waals surface area contributed by atoms with Crippen LogP contribution in [0.5, 0.6) is 0 Å². The van der Waals surface area contributed by atoms with Crippen LogP contribution in [0.3, 0.4) is 0 Å². The van der Waals surface area contributed by atoms with Crippen molar-refractivity contribution in [1.29, 1.82) is 0 Å². The lowest BCUT2D eigenvalue weighted by molar-refractivity contribution is -0.147. The van der Waals surface area contributed by atoms with E-state index in [0.29, 0.717) is 19.4 Å². The Labute approximate surface area is 327 Å². The summed E-state index contributed by atoms with van der Waals surface area (Å²) in [4.78, 5) is 63.6. The molecule has 1 saturated heterocycles. The molecule has 1 aromatic carbocycles. The lowest BCUT2D eigenvalue weighted by atomic mass is 9.89. The van der Waals surface area contributed by atoms with Crippen molar-refractivity contribution < 1.29 is 28.7 Å². The van der Waals surface area contributed by atoms with Crippen molar-refractivity contribution in [3.05, 3.63) is 52.5 Å². The molecule has 3 rings (SSSR count). The number of carbonyl (C=O) groups excluding carboxylic acids is 4. The molecule has 0 bridgehead atoms. The number of nitrogens with one attached hydrogen (secondary N) is 3. The molecule has 0 saturated carbocycles. The van der Waals surface area contributed by atoms with Gasteiger partial charge in [-0.1, -0.05) is 85.2 Å². The van der Waals surface area contributed by atoms with Crippen LogP contribution >= 0.6 is 11.3 Å². The average Bonchev–Trinajstić information content (AvgIpc) is 3.87. The molecule has 12 nitrogen and oxygen atoms in total. The van der Waals surface area contributed by atoms with Gasteiger partial charge >= 0.3 is 0 Å². The van der Waals surface area contributed by atoms with Crippen molar-refractivity contribution in [2.24, 2.45) is 23.7 Å². The number of methoxy groups -OCH3 is 2. The van der Waals surface area contributed by atoms with Crippen molar-refractivity contribution in [3.63, 3.8) is 0 Å². The van der Waals surface area contributed by atoms with Crippen molar-refractivity contribution in [3.8, 4) is 0 Å². The molecule has 2 aromatic rings. The number of ether oxygens (including phenoxy) is 2. The van der Waals surface area contributed by atoms with E-state index in [-0.39, 0.29) is 59.9 Å². The molecule has 302 valence electrons. The van der Waals surface area contributed by atoms with Gasteiger partial charge in [0.25, 0.3) is 0 Å². The van der Waals surface area contributed by atoms with Gasteiger partial charge < -0.3 is 35.2 Å². The molecule has 13 heteroatoms. The van der Waals surface area contributed by atoms with Gasteiger partial charge in [-0.05, 0) is 49.6 Å². The van der Waals surface area contributed by atoms with Gasteiger partial charge in [0.1, 0.15) is 11.0 Å². The van der Waals surface area contributed by atoms with Gasteiger partial charge in [-0.2, -0.15) is 0 Å². The molecule has 0 radical (unpaired) electrons. The highest BCUT2D eigenvalue weighted by molar-refractivity contribution is 7.09. The molecule has 4 amide bonds. The van der Waals surface area contributed by atoms with Crippen molar-refractivity contribution in [2.45, 2.75) is 123 Å². The molecule has 9 atom stereocenters. The second-order valence-corrected chi connectivity index (χ2v) is 16.4. The van der Waals surface area contributed by atoms with Gasteiger partial charge in [0.2, 0.25) is 23.6 Å². The summed E-state index contributed by atoms with van der Waals surface area (Å²) in [6.45, 7) is 14.3. The third-order valence-electron chi connectivity index (χ3n) is 11.1. The van der Waals surface area contributed by atoms with E-state index in [1.54, 1.807) is 39.4 Å². The number of likely N-dealkylation sites (tertiary alicyclic amines) is 1. The van der Waals surface area contributed by atoms with Crippen molar-refractivity contribution in [2.75, 3.05) is 34.9 Å². The molecule has 3 N–H and O–H groups in total. The van der Waals surface area contributed by atoms with Crippen molar-refractivity contribution in [1.82, 2.24) is 30.7 Å². The van der Waals surface area contributed by atoms with Gasteiger partial charge in [0.15, 0.2) is 0 Å². The zero-order valence-corrected chi connectivity index (χ0v) is 35.2. The minimum absolute atomic E-state index is 0.00702. The van der Waals surface area contributed by atoms with Gasteiger partial charge in [0.05, 0.1) is 48.7 Å². The van der Waals surface area contributed by atoms with Crippen LogP contribution in [-0.2, 0) is 35.1 Å². The number of aromatic nitrogens is 1. The second-order valence-electron chi connectivity index (χ2n) is 15.5. The maximum atomic E-state index is 14.3. The van der Waals surface area contributed by atoms with Crippen LogP contribution < -0.4 is 16.0 Å². The highest BCUT2D eigenvalue weighted by Crippen LogP contribution is 2.30. The standard InChI is InChI=1S/C41H66N6O6S/c1-12-27(6)36(46(9)41(51)35(26(4)5)45-39(50)34(42-8)25(2)3)32(52-10)24-33(48)47-21-16-19-31(47)37(53-11)28(7)38(49)44-30(40-43-20-22-54-40)23-29-17-14-13-15-18-29/h13-15,17-18,20,22,25-28,30-32,34-37,42H,12,16,19,21,23-24H2,1-11H3,(H,44,49)(H,45,50)/t27?,28-,30+,31+,32-,34+,35+,36?,37-/m1/s1. The number of likely N-dealkylation sites (N-methyl/N-ethyl adjacent to an activating group) is 2. The number of hydrogen-bond acceptors (Lipinski definition) is 9. The number of hydrogen-bond donors (Lipinski definition) is 3. The molecule has 1 fully saturated rings. The normalized spacial score (nSPS) is 19.1. The third-order valence-corrected chi connectivity index (χ3v) is 12.0. The van der Waals surface area contributed by atoms with Gasteiger partial charge in [-0.3, -0.25) is 19.2 Å². The lowest BCUT2D eigenvalue weighted by Crippen LogP contribution is -2.59. The van der Waals surface area contributed by atoms with Gasteiger partial charge in [-0.15, -0.1) is 11.3 Å². The number of nitrogens with zero attached hydrogens (tertiary/aromatic N) is 3.